The average molecular weight is 510 g/mol. The molecule has 0 aliphatic carbocycles. The zero-order valence-electron chi connectivity index (χ0n) is 16.6. The Labute approximate surface area is 183 Å². The Morgan fingerprint density at radius 2 is 2.00 bits per heavy atom. The predicted octanol–water partition coefficient (Wildman–Crippen LogP) is 5.31. The Morgan fingerprint density at radius 3 is 2.59 bits per heavy atom. The second-order valence-corrected chi connectivity index (χ2v) is 8.57. The van der Waals surface area contributed by atoms with Gasteiger partial charge in [-0.2, -0.15) is 0 Å². The van der Waals surface area contributed by atoms with Crippen molar-refractivity contribution in [3.63, 3.8) is 0 Å². The molecule has 1 fully saturated rings. The first-order valence-electron chi connectivity index (χ1n) is 9.52. The first-order chi connectivity index (χ1) is 13.8. The maximum absolute atomic E-state index is 13.5. The number of aliphatic hydroxyl groups is 1. The van der Waals surface area contributed by atoms with E-state index < -0.39 is 18.2 Å². The lowest BCUT2D eigenvalue weighted by Crippen LogP contribution is -2.31. The third-order valence-electron chi connectivity index (χ3n) is 4.93. The van der Waals surface area contributed by atoms with Gasteiger partial charge in [0, 0.05) is 12.0 Å². The van der Waals surface area contributed by atoms with Crippen LogP contribution in [0.2, 0.25) is 0 Å². The fourth-order valence-corrected chi connectivity index (χ4v) is 4.38. The van der Waals surface area contributed by atoms with Crippen molar-refractivity contribution in [1.29, 1.82) is 0 Å². The Morgan fingerprint density at radius 1 is 1.31 bits per heavy atom. The summed E-state index contributed by atoms with van der Waals surface area (Å²) in [5.41, 5.74) is 3.74. The number of rotatable bonds is 5. The van der Waals surface area contributed by atoms with Crippen molar-refractivity contribution < 1.29 is 23.8 Å². The van der Waals surface area contributed by atoms with Crippen molar-refractivity contribution in [1.82, 2.24) is 0 Å². The van der Waals surface area contributed by atoms with Crippen molar-refractivity contribution in [2.24, 2.45) is 0 Å². The third-order valence-corrected chi connectivity index (χ3v) is 5.73. The van der Waals surface area contributed by atoms with Gasteiger partial charge >= 0.3 is 5.97 Å². The maximum atomic E-state index is 13.5. The van der Waals surface area contributed by atoms with Gasteiger partial charge in [-0.15, -0.1) is 0 Å². The first kappa shape index (κ1) is 21.8. The molecule has 2 atom stereocenters. The molecule has 29 heavy (non-hydrogen) atoms. The number of carbonyl (C=O) groups excluding carboxylic acids is 1. The van der Waals surface area contributed by atoms with Crippen molar-refractivity contribution >= 4 is 34.6 Å². The molecule has 154 valence electrons. The molecule has 3 rings (SSSR count). The number of hydrogen-bond donors (Lipinski definition) is 1. The lowest BCUT2D eigenvalue weighted by Gasteiger charge is -2.24. The molecule has 6 heteroatoms. The van der Waals surface area contributed by atoms with Crippen LogP contribution in [0, 0.1) is 9.39 Å². The molecule has 2 aromatic rings. The monoisotopic (exact) mass is 510 g/mol. The van der Waals surface area contributed by atoms with E-state index in [-0.39, 0.29) is 18.2 Å². The van der Waals surface area contributed by atoms with Crippen molar-refractivity contribution in [3.8, 4) is 16.9 Å². The van der Waals surface area contributed by atoms with E-state index in [9.17, 15) is 14.3 Å². The van der Waals surface area contributed by atoms with E-state index in [4.69, 9.17) is 9.47 Å². The lowest BCUT2D eigenvalue weighted by molar-refractivity contribution is -0.156. The summed E-state index contributed by atoms with van der Waals surface area (Å²) >= 11 is 2.25. The summed E-state index contributed by atoms with van der Waals surface area (Å²) in [6.07, 6.45) is 2.94. The molecule has 0 unspecified atom stereocenters. The second-order valence-electron chi connectivity index (χ2n) is 7.41. The highest BCUT2D eigenvalue weighted by atomic mass is 127. The molecule has 0 amide bonds. The van der Waals surface area contributed by atoms with Gasteiger partial charge < -0.3 is 14.6 Å². The van der Waals surface area contributed by atoms with Gasteiger partial charge in [0.1, 0.15) is 17.7 Å². The van der Waals surface area contributed by atoms with E-state index in [0.29, 0.717) is 12.2 Å². The van der Waals surface area contributed by atoms with Crippen LogP contribution in [0.5, 0.6) is 5.75 Å². The quantitative estimate of drug-likeness (QED) is 0.438. The van der Waals surface area contributed by atoms with Crippen molar-refractivity contribution in [3.05, 3.63) is 56.9 Å². The smallest absolute Gasteiger partial charge is 0.309 e. The number of cyclic esters (lactones) is 1. The van der Waals surface area contributed by atoms with Crippen LogP contribution in [0.1, 0.15) is 43.7 Å². The molecule has 1 aliphatic heterocycles. The highest BCUT2D eigenvalue weighted by Gasteiger charge is 2.26. The molecule has 0 spiro atoms. The molecule has 2 aromatic carbocycles. The standard InChI is InChI=1S/C23H24FIO4/c1-13(2)19-12-20(25)23(28-3)22(14-4-6-15(24)7-5-14)18(19)9-8-17-10-16(26)11-21(27)29-17/h4-9,12-13,16-17,26H,10-11H2,1-3H3/b9-8+/t16-,17-/m0/s1. The van der Waals surface area contributed by atoms with Gasteiger partial charge in [-0.1, -0.05) is 32.1 Å². The van der Waals surface area contributed by atoms with Crippen LogP contribution in [-0.2, 0) is 9.53 Å². The van der Waals surface area contributed by atoms with Crippen LogP contribution in [0.3, 0.4) is 0 Å². The molecular formula is C23H24FIO4. The minimum absolute atomic E-state index is 0.0275. The molecule has 0 saturated carbocycles. The second kappa shape index (κ2) is 9.26. The summed E-state index contributed by atoms with van der Waals surface area (Å²) < 4.78 is 25.5. The normalized spacial score (nSPS) is 19.6. The topological polar surface area (TPSA) is 55.8 Å². The van der Waals surface area contributed by atoms with Gasteiger partial charge in [-0.3, -0.25) is 4.79 Å². The minimum atomic E-state index is -0.696. The predicted molar refractivity (Wildman–Crippen MR) is 119 cm³/mol. The number of methoxy groups -OCH3 is 1. The van der Waals surface area contributed by atoms with E-state index in [1.54, 1.807) is 25.3 Å². The Kier molecular flexibility index (Phi) is 6.95. The zero-order chi connectivity index (χ0) is 21.1. The molecular weight excluding hydrogens is 486 g/mol. The number of carbonyl (C=O) groups is 1. The van der Waals surface area contributed by atoms with Crippen LogP contribution in [0.25, 0.3) is 17.2 Å². The first-order valence-corrected chi connectivity index (χ1v) is 10.6. The SMILES string of the molecule is COc1c(I)cc(C(C)C)c(/C=C/[C@H]2C[C@H](O)CC(=O)O2)c1-c1ccc(F)cc1. The summed E-state index contributed by atoms with van der Waals surface area (Å²) in [7, 11) is 1.62. The van der Waals surface area contributed by atoms with Crippen LogP contribution in [0.15, 0.2) is 36.4 Å². The summed E-state index contributed by atoms with van der Waals surface area (Å²) in [5, 5.41) is 9.88. The van der Waals surface area contributed by atoms with Crippen LogP contribution < -0.4 is 4.74 Å². The summed E-state index contributed by atoms with van der Waals surface area (Å²) in [6.45, 7) is 4.21. The molecule has 1 N–H and O–H groups in total. The van der Waals surface area contributed by atoms with Crippen molar-refractivity contribution in [2.75, 3.05) is 7.11 Å². The Balaban J connectivity index is 2.16. The number of ether oxygens (including phenoxy) is 2. The molecule has 1 saturated heterocycles. The Bertz CT molecular complexity index is 921. The highest BCUT2D eigenvalue weighted by Crippen LogP contribution is 2.42. The van der Waals surface area contributed by atoms with E-state index in [1.807, 2.05) is 6.08 Å². The summed E-state index contributed by atoms with van der Waals surface area (Å²) in [6, 6.07) is 8.40. The lowest BCUT2D eigenvalue weighted by atomic mass is 9.88. The number of benzene rings is 2. The average Bonchev–Trinajstić information content (AvgIpc) is 2.66. The van der Waals surface area contributed by atoms with Crippen LogP contribution in [0.4, 0.5) is 4.39 Å². The van der Waals surface area contributed by atoms with E-state index in [0.717, 1.165) is 25.8 Å². The Hall–Kier alpha value is -1.93. The van der Waals surface area contributed by atoms with E-state index in [1.165, 1.54) is 12.1 Å². The number of halogens is 2. The fraction of sp³-hybridized carbons (Fsp3) is 0.348. The number of esters is 1. The van der Waals surface area contributed by atoms with Crippen LogP contribution >= 0.6 is 22.6 Å². The van der Waals surface area contributed by atoms with Gasteiger partial charge in [0.15, 0.2) is 0 Å². The summed E-state index contributed by atoms with van der Waals surface area (Å²) in [4.78, 5) is 11.7. The number of aliphatic hydroxyl groups excluding tert-OH is 1. The zero-order valence-corrected chi connectivity index (χ0v) is 18.8. The maximum Gasteiger partial charge on any atom is 0.309 e. The van der Waals surface area contributed by atoms with Crippen LogP contribution in [-0.4, -0.2) is 30.4 Å². The van der Waals surface area contributed by atoms with Crippen molar-refractivity contribution in [2.45, 2.75) is 44.8 Å². The van der Waals surface area contributed by atoms with E-state index >= 15 is 0 Å². The summed E-state index contributed by atoms with van der Waals surface area (Å²) in [5.74, 6) is 0.235. The molecule has 1 aliphatic rings. The van der Waals surface area contributed by atoms with Gasteiger partial charge in [0.05, 0.1) is 23.2 Å². The third kappa shape index (κ3) is 4.98. The highest BCUT2D eigenvalue weighted by molar-refractivity contribution is 14.1. The van der Waals surface area contributed by atoms with Gasteiger partial charge in [-0.25, -0.2) is 4.39 Å². The minimum Gasteiger partial charge on any atom is -0.495 e. The molecule has 0 bridgehead atoms. The van der Waals surface area contributed by atoms with Gasteiger partial charge in [0.2, 0.25) is 0 Å². The molecule has 4 nitrogen and oxygen atoms in total. The number of hydrogen-bond acceptors (Lipinski definition) is 4. The van der Waals surface area contributed by atoms with Gasteiger partial charge in [0.25, 0.3) is 0 Å². The molecule has 0 aromatic heterocycles. The largest absolute Gasteiger partial charge is 0.495 e. The van der Waals surface area contributed by atoms with Gasteiger partial charge in [-0.05, 0) is 69.5 Å². The molecule has 1 heterocycles. The fourth-order valence-electron chi connectivity index (χ4n) is 3.56. The van der Waals surface area contributed by atoms with E-state index in [2.05, 4.69) is 42.5 Å². The molecule has 0 radical (unpaired) electrons.